The molecule has 2 aromatic rings. The molecular weight excluding hydrogens is 412 g/mol. The molecule has 1 atom stereocenters. The van der Waals surface area contributed by atoms with Crippen LogP contribution in [0.4, 0.5) is 5.69 Å². The predicted octanol–water partition coefficient (Wildman–Crippen LogP) is 4.95. The van der Waals surface area contributed by atoms with Gasteiger partial charge >= 0.3 is 0 Å². The lowest BCUT2D eigenvalue weighted by atomic mass is 9.88. The first-order valence-electron chi connectivity index (χ1n) is 11.3. The standard InChI is InChI=1S/C28H33N2O3/c1-8-32-28(31)20-11-9-17(2)13-22(20)27-21-12-10-19(29(4)5)15-25(21)33-26-16-24(30(6)7)18(3)14-23(26)27/h9-16,28,31H,8H2,1-7H3/q+1. The van der Waals surface area contributed by atoms with Crippen LogP contribution in [0.25, 0.3) is 33.4 Å². The van der Waals surface area contributed by atoms with Gasteiger partial charge in [0.15, 0.2) is 6.29 Å². The molecule has 2 aliphatic rings. The molecule has 0 amide bonds. The molecule has 33 heavy (non-hydrogen) atoms. The topological polar surface area (TPSA) is 48.9 Å². The highest BCUT2D eigenvalue weighted by Crippen LogP contribution is 2.43. The first-order valence-corrected chi connectivity index (χ1v) is 11.3. The number of ether oxygens (including phenoxy) is 1. The van der Waals surface area contributed by atoms with E-state index in [1.165, 1.54) is 0 Å². The van der Waals surface area contributed by atoms with Gasteiger partial charge < -0.3 is 19.2 Å². The minimum absolute atomic E-state index is 0.428. The summed E-state index contributed by atoms with van der Waals surface area (Å²) in [6.45, 7) is 6.50. The average Bonchev–Trinajstić information content (AvgIpc) is 2.76. The van der Waals surface area contributed by atoms with Gasteiger partial charge in [0, 0.05) is 60.1 Å². The largest absolute Gasteiger partial charge is 0.456 e. The molecule has 1 heterocycles. The van der Waals surface area contributed by atoms with Crippen LogP contribution in [0.15, 0.2) is 52.9 Å². The molecule has 0 spiro atoms. The molecular formula is C28H33N2O3+. The first kappa shape index (κ1) is 23.0. The molecule has 1 aliphatic heterocycles. The van der Waals surface area contributed by atoms with Crippen molar-refractivity contribution in [3.05, 3.63) is 70.6 Å². The van der Waals surface area contributed by atoms with E-state index in [1.54, 1.807) is 0 Å². The number of rotatable bonds is 5. The second-order valence-electron chi connectivity index (χ2n) is 8.98. The summed E-state index contributed by atoms with van der Waals surface area (Å²) in [6, 6.07) is 16.7. The molecule has 2 aromatic carbocycles. The highest BCUT2D eigenvalue weighted by Gasteiger charge is 2.23. The van der Waals surface area contributed by atoms with Crippen molar-refractivity contribution in [1.29, 1.82) is 0 Å². The van der Waals surface area contributed by atoms with E-state index in [2.05, 4.69) is 59.7 Å². The zero-order valence-corrected chi connectivity index (χ0v) is 20.6. The van der Waals surface area contributed by atoms with Crippen molar-refractivity contribution in [3.63, 3.8) is 0 Å². The zero-order valence-electron chi connectivity index (χ0n) is 20.6. The summed E-state index contributed by atoms with van der Waals surface area (Å²) in [5.74, 6) is 0.807. The van der Waals surface area contributed by atoms with E-state index in [0.29, 0.717) is 6.61 Å². The van der Waals surface area contributed by atoms with E-state index in [4.69, 9.17) is 9.15 Å². The van der Waals surface area contributed by atoms with Gasteiger partial charge in [-0.25, -0.2) is 4.58 Å². The van der Waals surface area contributed by atoms with Crippen molar-refractivity contribution >= 4 is 16.7 Å². The lowest BCUT2D eigenvalue weighted by Gasteiger charge is -2.22. The smallest absolute Gasteiger partial charge is 0.206 e. The number of hydrogen-bond donors (Lipinski definition) is 1. The van der Waals surface area contributed by atoms with Gasteiger partial charge in [-0.3, -0.25) is 0 Å². The molecule has 0 fully saturated rings. The van der Waals surface area contributed by atoms with Gasteiger partial charge in [0.25, 0.3) is 0 Å². The predicted molar refractivity (Wildman–Crippen MR) is 136 cm³/mol. The van der Waals surface area contributed by atoms with Gasteiger partial charge in [-0.15, -0.1) is 0 Å². The zero-order chi connectivity index (χ0) is 23.9. The normalized spacial score (nSPS) is 12.4. The number of anilines is 1. The van der Waals surface area contributed by atoms with Gasteiger partial charge in [-0.1, -0.05) is 23.8 Å². The number of benzene rings is 3. The minimum atomic E-state index is -1.00. The lowest BCUT2D eigenvalue weighted by Crippen LogP contribution is -2.24. The third-order valence-corrected chi connectivity index (χ3v) is 6.09. The third-order valence-electron chi connectivity index (χ3n) is 6.09. The molecule has 5 nitrogen and oxygen atoms in total. The van der Waals surface area contributed by atoms with Crippen molar-refractivity contribution in [2.45, 2.75) is 27.1 Å². The molecule has 172 valence electrons. The summed E-state index contributed by atoms with van der Waals surface area (Å²) in [4.78, 5) is 2.07. The van der Waals surface area contributed by atoms with Gasteiger partial charge in [-0.05, 0) is 44.5 Å². The van der Waals surface area contributed by atoms with Crippen molar-refractivity contribution < 1.29 is 14.3 Å². The van der Waals surface area contributed by atoms with Crippen molar-refractivity contribution in [3.8, 4) is 22.5 Å². The lowest BCUT2D eigenvalue weighted by molar-refractivity contribution is -0.0975. The van der Waals surface area contributed by atoms with Crippen LogP contribution < -0.4 is 14.8 Å². The molecule has 0 bridgehead atoms. The maximum Gasteiger partial charge on any atom is 0.206 e. The second kappa shape index (κ2) is 9.00. The number of aliphatic hydroxyl groups excluding tert-OH is 1. The number of aliphatic hydroxyl groups is 1. The highest BCUT2D eigenvalue weighted by molar-refractivity contribution is 6.03. The van der Waals surface area contributed by atoms with E-state index in [1.807, 2.05) is 47.2 Å². The van der Waals surface area contributed by atoms with Crippen LogP contribution in [0.3, 0.4) is 0 Å². The molecule has 5 heteroatoms. The number of fused-ring (bicyclic) bond motifs is 2. The van der Waals surface area contributed by atoms with Gasteiger partial charge in [-0.2, -0.15) is 0 Å². The van der Waals surface area contributed by atoms with Crippen LogP contribution >= 0.6 is 0 Å². The Morgan fingerprint density at radius 2 is 1.76 bits per heavy atom. The highest BCUT2D eigenvalue weighted by atomic mass is 16.6. The van der Waals surface area contributed by atoms with E-state index in [-0.39, 0.29) is 0 Å². The van der Waals surface area contributed by atoms with E-state index < -0.39 is 6.29 Å². The van der Waals surface area contributed by atoms with Gasteiger partial charge in [0.1, 0.15) is 25.4 Å². The minimum Gasteiger partial charge on any atom is -0.456 e. The molecule has 0 saturated heterocycles. The van der Waals surface area contributed by atoms with Crippen molar-refractivity contribution in [2.75, 3.05) is 39.7 Å². The Morgan fingerprint density at radius 1 is 1.00 bits per heavy atom. The van der Waals surface area contributed by atoms with Crippen LogP contribution in [-0.2, 0) is 4.74 Å². The molecule has 0 aromatic heterocycles. The summed E-state index contributed by atoms with van der Waals surface area (Å²) < 4.78 is 14.2. The summed E-state index contributed by atoms with van der Waals surface area (Å²) in [5, 5.41) is 12.9. The van der Waals surface area contributed by atoms with E-state index in [9.17, 15) is 5.11 Å². The van der Waals surface area contributed by atoms with Crippen molar-refractivity contribution in [1.82, 2.24) is 4.58 Å². The Kier molecular flexibility index (Phi) is 6.28. The summed E-state index contributed by atoms with van der Waals surface area (Å²) >= 11 is 0. The van der Waals surface area contributed by atoms with Crippen molar-refractivity contribution in [2.24, 2.45) is 0 Å². The number of nitrogens with zero attached hydrogens (tertiary/aromatic N) is 2. The Labute approximate surface area is 195 Å². The molecule has 0 saturated carbocycles. The van der Waals surface area contributed by atoms with Crippen LogP contribution in [0.5, 0.6) is 0 Å². The van der Waals surface area contributed by atoms with Gasteiger partial charge in [0.05, 0.1) is 6.07 Å². The summed E-state index contributed by atoms with van der Waals surface area (Å²) in [5.41, 5.74) is 7.91. The molecule has 1 aliphatic carbocycles. The Hall–Kier alpha value is -3.15. The number of aryl methyl sites for hydroxylation is 2. The Bertz CT molecular complexity index is 1360. The van der Waals surface area contributed by atoms with Crippen LogP contribution in [-0.4, -0.2) is 39.9 Å². The Balaban J connectivity index is 2.18. The fourth-order valence-electron chi connectivity index (χ4n) is 4.42. The Morgan fingerprint density at radius 3 is 2.42 bits per heavy atom. The quantitative estimate of drug-likeness (QED) is 0.268. The fourth-order valence-corrected chi connectivity index (χ4v) is 4.42. The molecule has 0 radical (unpaired) electrons. The SMILES string of the molecule is CCOC(O)c1ccc(C)cc1-c1c2cc(C)c(=[N+](C)C)cc-2oc2cc(N(C)C)ccc12. The second-order valence-corrected chi connectivity index (χ2v) is 8.98. The number of hydrogen-bond acceptors (Lipinski definition) is 4. The fraction of sp³-hybridized carbons (Fsp3) is 0.321. The van der Waals surface area contributed by atoms with Gasteiger partial charge in [0.2, 0.25) is 5.36 Å². The van der Waals surface area contributed by atoms with Crippen LogP contribution in [0.1, 0.15) is 29.9 Å². The maximum atomic E-state index is 10.8. The summed E-state index contributed by atoms with van der Waals surface area (Å²) in [6.07, 6.45) is -1.00. The molecule has 1 unspecified atom stereocenters. The molecule has 4 rings (SSSR count). The van der Waals surface area contributed by atoms with Crippen LogP contribution in [0, 0.1) is 13.8 Å². The monoisotopic (exact) mass is 445 g/mol. The third kappa shape index (κ3) is 4.26. The van der Waals surface area contributed by atoms with E-state index in [0.717, 1.165) is 61.2 Å². The molecule has 1 N–H and O–H groups in total. The van der Waals surface area contributed by atoms with E-state index >= 15 is 0 Å². The summed E-state index contributed by atoms with van der Waals surface area (Å²) in [7, 11) is 8.12. The van der Waals surface area contributed by atoms with Crippen LogP contribution in [0.2, 0.25) is 0 Å². The average molecular weight is 446 g/mol. The maximum absolute atomic E-state index is 10.8. The first-order chi connectivity index (χ1) is 15.7.